The molecule has 0 aliphatic carbocycles. The summed E-state index contributed by atoms with van der Waals surface area (Å²) in [4.78, 5) is 16.8. The van der Waals surface area contributed by atoms with Crippen LogP contribution in [-0.4, -0.2) is 28.7 Å². The number of carbonyl (C=O) groups is 1. The lowest BCUT2D eigenvalue weighted by Gasteiger charge is -2.29. The molecule has 0 aromatic carbocycles. The number of hydrogen-bond donors (Lipinski definition) is 1. The van der Waals surface area contributed by atoms with E-state index in [-0.39, 0.29) is 12.0 Å². The molecule has 1 aliphatic rings. The minimum atomic E-state index is -0.301. The van der Waals surface area contributed by atoms with E-state index in [4.69, 9.17) is 4.74 Å². The summed E-state index contributed by atoms with van der Waals surface area (Å²) >= 11 is 1.39. The van der Waals surface area contributed by atoms with Gasteiger partial charge in [-0.15, -0.1) is 11.3 Å². The van der Waals surface area contributed by atoms with Gasteiger partial charge in [0.1, 0.15) is 4.88 Å². The van der Waals surface area contributed by atoms with Crippen molar-refractivity contribution in [3.8, 4) is 5.69 Å². The quantitative estimate of drug-likeness (QED) is 0.886. The molecule has 0 spiro atoms. The molecule has 5 nitrogen and oxygen atoms in total. The maximum absolute atomic E-state index is 11.9. The fraction of sp³-hybridized carbons (Fsp3) is 0.467. The second kappa shape index (κ2) is 5.99. The maximum Gasteiger partial charge on any atom is 0.350 e. The molecule has 2 aromatic rings. The van der Waals surface area contributed by atoms with Crippen LogP contribution in [-0.2, 0) is 4.74 Å². The third-order valence-electron chi connectivity index (χ3n) is 3.91. The summed E-state index contributed by atoms with van der Waals surface area (Å²) in [6.07, 6.45) is 7.15. The highest BCUT2D eigenvalue weighted by molar-refractivity contribution is 7.12. The highest BCUT2D eigenvalue weighted by atomic mass is 32.1. The van der Waals surface area contributed by atoms with Gasteiger partial charge in [0.25, 0.3) is 0 Å². The van der Waals surface area contributed by atoms with Gasteiger partial charge in [0.2, 0.25) is 0 Å². The van der Waals surface area contributed by atoms with Crippen LogP contribution in [0.25, 0.3) is 5.69 Å². The Morgan fingerprint density at radius 3 is 3.14 bits per heavy atom. The van der Waals surface area contributed by atoms with E-state index < -0.39 is 0 Å². The lowest BCUT2D eigenvalue weighted by Crippen LogP contribution is -2.35. The molecule has 0 bridgehead atoms. The largest absolute Gasteiger partial charge is 0.465 e. The number of nitrogens with one attached hydrogen (secondary N) is 1. The highest BCUT2D eigenvalue weighted by Crippen LogP contribution is 2.29. The Bertz CT molecular complexity index is 634. The van der Waals surface area contributed by atoms with Crippen molar-refractivity contribution in [2.45, 2.75) is 38.3 Å². The number of piperidine rings is 1. The Morgan fingerprint density at radius 1 is 1.52 bits per heavy atom. The van der Waals surface area contributed by atoms with Crippen molar-refractivity contribution in [1.29, 1.82) is 0 Å². The minimum absolute atomic E-state index is 0.279. The molecule has 2 aromatic heterocycles. The van der Waals surface area contributed by atoms with Crippen LogP contribution in [0, 0.1) is 0 Å². The number of imidazole rings is 1. The Labute approximate surface area is 128 Å². The van der Waals surface area contributed by atoms with Crippen LogP contribution in [0.5, 0.6) is 0 Å². The van der Waals surface area contributed by atoms with E-state index in [2.05, 4.69) is 17.2 Å². The van der Waals surface area contributed by atoms with Gasteiger partial charge in [-0.25, -0.2) is 9.78 Å². The predicted octanol–water partition coefficient (Wildman–Crippen LogP) is 2.92. The van der Waals surface area contributed by atoms with Gasteiger partial charge in [-0.3, -0.25) is 4.57 Å². The molecule has 1 N–H and O–H groups in total. The number of rotatable bonds is 3. The molecule has 6 heteroatoms. The van der Waals surface area contributed by atoms with Crippen molar-refractivity contribution in [1.82, 2.24) is 14.9 Å². The van der Waals surface area contributed by atoms with Crippen LogP contribution in [0.2, 0.25) is 0 Å². The second-order valence-electron chi connectivity index (χ2n) is 5.37. The first-order valence-corrected chi connectivity index (χ1v) is 8.03. The molecule has 0 amide bonds. The van der Waals surface area contributed by atoms with Crippen molar-refractivity contribution >= 4 is 17.3 Å². The molecular weight excluding hydrogens is 286 g/mol. The number of esters is 1. The van der Waals surface area contributed by atoms with Crippen LogP contribution in [0.3, 0.4) is 0 Å². The first-order valence-electron chi connectivity index (χ1n) is 7.15. The molecule has 3 rings (SSSR count). The van der Waals surface area contributed by atoms with Gasteiger partial charge in [0.05, 0.1) is 31.0 Å². The van der Waals surface area contributed by atoms with Crippen LogP contribution in [0.4, 0.5) is 0 Å². The highest BCUT2D eigenvalue weighted by Gasteiger charge is 2.24. The summed E-state index contributed by atoms with van der Waals surface area (Å²) in [5.41, 5.74) is 1.95. The fourth-order valence-corrected chi connectivity index (χ4v) is 3.67. The van der Waals surface area contributed by atoms with Crippen molar-refractivity contribution < 1.29 is 9.53 Å². The second-order valence-corrected chi connectivity index (χ2v) is 6.28. The number of nitrogens with zero attached hydrogens (tertiary/aromatic N) is 2. The molecule has 3 heterocycles. The van der Waals surface area contributed by atoms with Crippen LogP contribution in [0.15, 0.2) is 24.0 Å². The maximum atomic E-state index is 11.9. The normalized spacial score (nSPS) is 22.2. The van der Waals surface area contributed by atoms with E-state index in [1.165, 1.54) is 31.3 Å². The van der Waals surface area contributed by atoms with Gasteiger partial charge >= 0.3 is 5.97 Å². The molecule has 112 valence electrons. The van der Waals surface area contributed by atoms with E-state index in [0.29, 0.717) is 10.9 Å². The summed E-state index contributed by atoms with van der Waals surface area (Å²) in [7, 11) is 1.41. The summed E-state index contributed by atoms with van der Waals surface area (Å²) < 4.78 is 6.86. The topological polar surface area (TPSA) is 56.2 Å². The van der Waals surface area contributed by atoms with E-state index in [1.807, 2.05) is 22.2 Å². The standard InChI is InChI=1S/C15H19N3O2S/c1-10-4-3-5-11(17-10)13-8-16-9-18(13)12-6-7-21-14(12)15(19)20-2/h6-11,17H,3-5H2,1-2H3. The van der Waals surface area contributed by atoms with Crippen LogP contribution >= 0.6 is 11.3 Å². The monoisotopic (exact) mass is 305 g/mol. The summed E-state index contributed by atoms with van der Waals surface area (Å²) in [6, 6.07) is 2.73. The Morgan fingerprint density at radius 2 is 2.38 bits per heavy atom. The summed E-state index contributed by atoms with van der Waals surface area (Å²) in [6.45, 7) is 2.21. The van der Waals surface area contributed by atoms with Gasteiger partial charge in [0, 0.05) is 12.1 Å². The lowest BCUT2D eigenvalue weighted by atomic mass is 9.97. The van der Waals surface area contributed by atoms with Gasteiger partial charge in [-0.2, -0.15) is 0 Å². The van der Waals surface area contributed by atoms with Crippen molar-refractivity contribution in [3.05, 3.63) is 34.5 Å². The molecular formula is C15H19N3O2S. The minimum Gasteiger partial charge on any atom is -0.465 e. The number of hydrogen-bond acceptors (Lipinski definition) is 5. The van der Waals surface area contributed by atoms with Crippen LogP contribution < -0.4 is 5.32 Å². The zero-order chi connectivity index (χ0) is 14.8. The Kier molecular flexibility index (Phi) is 4.07. The average Bonchev–Trinajstić information content (AvgIpc) is 3.14. The smallest absolute Gasteiger partial charge is 0.350 e. The molecule has 1 saturated heterocycles. The summed E-state index contributed by atoms with van der Waals surface area (Å²) in [5.74, 6) is -0.301. The van der Waals surface area contributed by atoms with E-state index >= 15 is 0 Å². The molecule has 0 saturated carbocycles. The Balaban J connectivity index is 1.96. The third kappa shape index (κ3) is 2.73. The fourth-order valence-electron chi connectivity index (χ4n) is 2.87. The van der Waals surface area contributed by atoms with Gasteiger partial charge in [0.15, 0.2) is 0 Å². The van der Waals surface area contributed by atoms with E-state index in [0.717, 1.165) is 17.8 Å². The molecule has 2 atom stereocenters. The molecule has 1 fully saturated rings. The van der Waals surface area contributed by atoms with Crippen molar-refractivity contribution in [3.63, 3.8) is 0 Å². The average molecular weight is 305 g/mol. The predicted molar refractivity (Wildman–Crippen MR) is 82.0 cm³/mol. The van der Waals surface area contributed by atoms with E-state index in [1.54, 1.807) is 6.33 Å². The van der Waals surface area contributed by atoms with Gasteiger partial charge in [-0.05, 0) is 37.6 Å². The number of carbonyl (C=O) groups excluding carboxylic acids is 1. The van der Waals surface area contributed by atoms with Gasteiger partial charge in [-0.1, -0.05) is 0 Å². The first-order chi connectivity index (χ1) is 10.2. The third-order valence-corrected chi connectivity index (χ3v) is 4.80. The van der Waals surface area contributed by atoms with Crippen molar-refractivity contribution in [2.24, 2.45) is 0 Å². The Hall–Kier alpha value is -1.66. The summed E-state index contributed by atoms with van der Waals surface area (Å²) in [5, 5.41) is 5.52. The number of aromatic nitrogens is 2. The SMILES string of the molecule is COC(=O)c1sccc1-n1cncc1C1CCCC(C)N1. The number of thiophene rings is 1. The molecule has 0 radical (unpaired) electrons. The van der Waals surface area contributed by atoms with Gasteiger partial charge < -0.3 is 10.1 Å². The van der Waals surface area contributed by atoms with Crippen molar-refractivity contribution in [2.75, 3.05) is 7.11 Å². The molecule has 1 aliphatic heterocycles. The zero-order valence-electron chi connectivity index (χ0n) is 12.2. The zero-order valence-corrected chi connectivity index (χ0v) is 13.0. The lowest BCUT2D eigenvalue weighted by molar-refractivity contribution is 0.0606. The molecule has 2 unspecified atom stereocenters. The van der Waals surface area contributed by atoms with Crippen LogP contribution in [0.1, 0.15) is 47.6 Å². The number of ether oxygens (including phenoxy) is 1. The number of methoxy groups -OCH3 is 1. The molecule has 21 heavy (non-hydrogen) atoms. The van der Waals surface area contributed by atoms with E-state index in [9.17, 15) is 4.79 Å². The first kappa shape index (κ1) is 14.3.